The molecule has 1 aliphatic carbocycles. The van der Waals surface area contributed by atoms with Crippen molar-refractivity contribution < 1.29 is 22.7 Å². The fourth-order valence-electron chi connectivity index (χ4n) is 4.49. The highest BCUT2D eigenvalue weighted by molar-refractivity contribution is 7.89. The van der Waals surface area contributed by atoms with Gasteiger partial charge in [-0.3, -0.25) is 4.79 Å². The second-order valence-electron chi connectivity index (χ2n) is 9.08. The smallest absolute Gasteiger partial charge is 0.338 e. The number of allylic oxidation sites excluding steroid dienone is 1. The van der Waals surface area contributed by atoms with Gasteiger partial charge in [0.05, 0.1) is 10.5 Å². The molecule has 186 valence electrons. The first kappa shape index (κ1) is 25.1. The third-order valence-electron chi connectivity index (χ3n) is 6.61. The Balaban J connectivity index is 1.31. The second-order valence-corrected chi connectivity index (χ2v) is 11.0. The SMILES string of the molecule is CC(OC(=O)c1ccc(S(=O)(=O)N2CCc3ccccc3C2)cc1)C(=O)NCCC1=CCCCC1. The summed E-state index contributed by atoms with van der Waals surface area (Å²) in [7, 11) is -3.69. The van der Waals surface area contributed by atoms with Gasteiger partial charge in [0, 0.05) is 19.6 Å². The average molecular weight is 497 g/mol. The lowest BCUT2D eigenvalue weighted by atomic mass is 9.97. The van der Waals surface area contributed by atoms with E-state index < -0.39 is 22.1 Å². The van der Waals surface area contributed by atoms with Gasteiger partial charge in [-0.15, -0.1) is 0 Å². The van der Waals surface area contributed by atoms with E-state index in [0.29, 0.717) is 26.1 Å². The van der Waals surface area contributed by atoms with Gasteiger partial charge in [-0.25, -0.2) is 13.2 Å². The van der Waals surface area contributed by atoms with Crippen LogP contribution in [0.1, 0.15) is 60.5 Å². The number of rotatable bonds is 8. The number of carbonyl (C=O) groups is 2. The van der Waals surface area contributed by atoms with Gasteiger partial charge in [0.15, 0.2) is 6.10 Å². The maximum Gasteiger partial charge on any atom is 0.338 e. The maximum absolute atomic E-state index is 13.1. The first-order valence-electron chi connectivity index (χ1n) is 12.2. The Hall–Kier alpha value is -2.97. The van der Waals surface area contributed by atoms with Gasteiger partial charge in [-0.2, -0.15) is 4.31 Å². The third-order valence-corrected chi connectivity index (χ3v) is 8.47. The number of hydrogen-bond acceptors (Lipinski definition) is 5. The molecule has 0 saturated heterocycles. The molecule has 2 aromatic carbocycles. The molecule has 2 aromatic rings. The van der Waals surface area contributed by atoms with Crippen molar-refractivity contribution in [2.75, 3.05) is 13.1 Å². The summed E-state index contributed by atoms with van der Waals surface area (Å²) < 4.78 is 33.0. The Morgan fingerprint density at radius 1 is 1.03 bits per heavy atom. The number of esters is 1. The topological polar surface area (TPSA) is 92.8 Å². The lowest BCUT2D eigenvalue weighted by molar-refractivity contribution is -0.129. The summed E-state index contributed by atoms with van der Waals surface area (Å²) in [6.07, 6.45) is 7.37. The molecule has 1 amide bonds. The van der Waals surface area contributed by atoms with Crippen LogP contribution in [0, 0.1) is 0 Å². The van der Waals surface area contributed by atoms with Crippen molar-refractivity contribution in [2.45, 2.75) is 63.0 Å². The third kappa shape index (κ3) is 6.18. The summed E-state index contributed by atoms with van der Waals surface area (Å²) >= 11 is 0. The van der Waals surface area contributed by atoms with E-state index in [4.69, 9.17) is 4.74 Å². The predicted octanol–water partition coefficient (Wildman–Crippen LogP) is 3.99. The molecule has 1 atom stereocenters. The minimum Gasteiger partial charge on any atom is -0.449 e. The summed E-state index contributed by atoms with van der Waals surface area (Å²) in [5, 5.41) is 2.82. The van der Waals surface area contributed by atoms with Crippen molar-refractivity contribution in [2.24, 2.45) is 0 Å². The van der Waals surface area contributed by atoms with Crippen LogP contribution in [-0.2, 0) is 32.5 Å². The van der Waals surface area contributed by atoms with Crippen LogP contribution in [0.2, 0.25) is 0 Å². The summed E-state index contributed by atoms with van der Waals surface area (Å²) in [4.78, 5) is 24.9. The molecular formula is C27H32N2O5S. The van der Waals surface area contributed by atoms with E-state index >= 15 is 0 Å². The van der Waals surface area contributed by atoms with E-state index in [0.717, 1.165) is 24.8 Å². The zero-order valence-electron chi connectivity index (χ0n) is 20.0. The Morgan fingerprint density at radius 2 is 1.77 bits per heavy atom. The molecule has 35 heavy (non-hydrogen) atoms. The standard InChI is InChI=1S/C27H32N2O5S/c1-20(26(30)28-17-15-21-7-3-2-4-8-21)34-27(31)23-11-13-25(14-12-23)35(32,33)29-18-16-22-9-5-6-10-24(22)19-29/h5-7,9-14,20H,2-4,8,15-19H2,1H3,(H,28,30). The van der Waals surface area contributed by atoms with Gasteiger partial charge in [0.2, 0.25) is 10.0 Å². The average Bonchev–Trinajstić information content (AvgIpc) is 2.89. The maximum atomic E-state index is 13.1. The molecule has 2 aliphatic rings. The predicted molar refractivity (Wildman–Crippen MR) is 133 cm³/mol. The fraction of sp³-hybridized carbons (Fsp3) is 0.407. The van der Waals surface area contributed by atoms with Crippen molar-refractivity contribution >= 4 is 21.9 Å². The van der Waals surface area contributed by atoms with Gasteiger partial charge >= 0.3 is 5.97 Å². The van der Waals surface area contributed by atoms with Crippen LogP contribution in [-0.4, -0.2) is 43.8 Å². The van der Waals surface area contributed by atoms with Crippen LogP contribution in [0.4, 0.5) is 0 Å². The monoisotopic (exact) mass is 496 g/mol. The quantitative estimate of drug-likeness (QED) is 0.441. The fourth-order valence-corrected chi connectivity index (χ4v) is 5.91. The lowest BCUT2D eigenvalue weighted by Crippen LogP contribution is -2.36. The highest BCUT2D eigenvalue weighted by Gasteiger charge is 2.28. The molecule has 1 N–H and O–H groups in total. The van der Waals surface area contributed by atoms with Crippen LogP contribution in [0.3, 0.4) is 0 Å². The number of amides is 1. The van der Waals surface area contributed by atoms with Crippen LogP contribution in [0.5, 0.6) is 0 Å². The molecule has 1 heterocycles. The minimum absolute atomic E-state index is 0.122. The number of carbonyl (C=O) groups excluding carboxylic acids is 2. The molecule has 8 heteroatoms. The number of ether oxygens (including phenoxy) is 1. The summed E-state index contributed by atoms with van der Waals surface area (Å²) in [6, 6.07) is 13.5. The Morgan fingerprint density at radius 3 is 2.49 bits per heavy atom. The number of hydrogen-bond donors (Lipinski definition) is 1. The van der Waals surface area contributed by atoms with E-state index in [9.17, 15) is 18.0 Å². The van der Waals surface area contributed by atoms with Crippen LogP contribution in [0.25, 0.3) is 0 Å². The van der Waals surface area contributed by atoms with Gasteiger partial charge in [-0.05, 0) is 80.8 Å². The van der Waals surface area contributed by atoms with E-state index in [1.165, 1.54) is 59.5 Å². The van der Waals surface area contributed by atoms with E-state index in [1.807, 2.05) is 24.3 Å². The van der Waals surface area contributed by atoms with Crippen LogP contribution in [0.15, 0.2) is 65.1 Å². The largest absolute Gasteiger partial charge is 0.449 e. The van der Waals surface area contributed by atoms with Gasteiger partial charge < -0.3 is 10.1 Å². The van der Waals surface area contributed by atoms with Gasteiger partial charge in [0.1, 0.15) is 0 Å². The van der Waals surface area contributed by atoms with E-state index in [2.05, 4.69) is 11.4 Å². The number of fused-ring (bicyclic) bond motifs is 1. The minimum atomic E-state index is -3.69. The molecule has 0 saturated carbocycles. The molecule has 0 radical (unpaired) electrons. The molecule has 0 aromatic heterocycles. The van der Waals surface area contributed by atoms with Crippen LogP contribution >= 0.6 is 0 Å². The normalized spacial score (nSPS) is 17.1. The number of benzene rings is 2. The van der Waals surface area contributed by atoms with Gasteiger partial charge in [-0.1, -0.05) is 35.9 Å². The zero-order chi connectivity index (χ0) is 24.8. The molecular weight excluding hydrogens is 464 g/mol. The summed E-state index contributed by atoms with van der Waals surface area (Å²) in [5.41, 5.74) is 3.73. The van der Waals surface area contributed by atoms with Crippen molar-refractivity contribution in [1.29, 1.82) is 0 Å². The Bertz CT molecular complexity index is 1200. The molecule has 4 rings (SSSR count). The number of sulfonamides is 1. The highest BCUT2D eigenvalue weighted by atomic mass is 32.2. The molecule has 1 aliphatic heterocycles. The summed E-state index contributed by atoms with van der Waals surface area (Å²) in [6.45, 7) is 2.78. The van der Waals surface area contributed by atoms with E-state index in [1.54, 1.807) is 0 Å². The molecule has 7 nitrogen and oxygen atoms in total. The lowest BCUT2D eigenvalue weighted by Gasteiger charge is -2.28. The molecule has 0 spiro atoms. The molecule has 0 fully saturated rings. The first-order chi connectivity index (χ1) is 16.8. The van der Waals surface area contributed by atoms with Gasteiger partial charge in [0.25, 0.3) is 5.91 Å². The number of nitrogens with one attached hydrogen (secondary N) is 1. The van der Waals surface area contributed by atoms with E-state index in [-0.39, 0.29) is 16.4 Å². The first-order valence-corrected chi connectivity index (χ1v) is 13.6. The summed E-state index contributed by atoms with van der Waals surface area (Å²) in [5.74, 6) is -1.02. The van der Waals surface area contributed by atoms with Crippen LogP contribution < -0.4 is 5.32 Å². The van der Waals surface area contributed by atoms with Crippen molar-refractivity contribution in [3.63, 3.8) is 0 Å². The number of nitrogens with zero attached hydrogens (tertiary/aromatic N) is 1. The van der Waals surface area contributed by atoms with Crippen molar-refractivity contribution in [3.05, 3.63) is 76.9 Å². The molecule has 0 bridgehead atoms. The highest BCUT2D eigenvalue weighted by Crippen LogP contribution is 2.25. The Labute approximate surface area is 207 Å². The van der Waals surface area contributed by atoms with Crippen molar-refractivity contribution in [1.82, 2.24) is 9.62 Å². The second kappa shape index (κ2) is 11.2. The Kier molecular flexibility index (Phi) is 8.03. The zero-order valence-corrected chi connectivity index (χ0v) is 20.9. The molecule has 1 unspecified atom stereocenters. The van der Waals surface area contributed by atoms with Crippen molar-refractivity contribution in [3.8, 4) is 0 Å².